The topological polar surface area (TPSA) is 90.9 Å². The van der Waals surface area contributed by atoms with Gasteiger partial charge in [-0.15, -0.1) is 0 Å². The summed E-state index contributed by atoms with van der Waals surface area (Å²) < 4.78 is 45.4. The summed E-state index contributed by atoms with van der Waals surface area (Å²) >= 11 is 0. The number of carbonyl (C=O) groups is 1. The van der Waals surface area contributed by atoms with Crippen molar-refractivity contribution in [1.82, 2.24) is 0 Å². The fourth-order valence-corrected chi connectivity index (χ4v) is 3.75. The van der Waals surface area contributed by atoms with E-state index >= 15 is 0 Å². The molecule has 0 aliphatic carbocycles. The van der Waals surface area contributed by atoms with Gasteiger partial charge in [-0.3, -0.25) is 4.79 Å². The van der Waals surface area contributed by atoms with Crippen molar-refractivity contribution in [2.24, 2.45) is 10.8 Å². The highest BCUT2D eigenvalue weighted by atomic mass is 16.7. The van der Waals surface area contributed by atoms with Gasteiger partial charge < -0.3 is 37.9 Å². The van der Waals surface area contributed by atoms with Crippen LogP contribution in [-0.2, 0) is 42.7 Å². The first-order valence-corrected chi connectivity index (χ1v) is 11.1. The number of rotatable bonds is 14. The number of hydrogen-bond donors (Lipinski definition) is 0. The third kappa shape index (κ3) is 8.52. The Balaban J connectivity index is 3.04. The average Bonchev–Trinajstić information content (AvgIpc) is 2.72. The van der Waals surface area contributed by atoms with Gasteiger partial charge in [0.1, 0.15) is 25.6 Å². The van der Waals surface area contributed by atoms with Crippen molar-refractivity contribution in [3.05, 3.63) is 0 Å². The lowest BCUT2D eigenvalue weighted by atomic mass is 9.73. The van der Waals surface area contributed by atoms with E-state index in [1.807, 2.05) is 20.8 Å². The highest BCUT2D eigenvalue weighted by molar-refractivity contribution is 5.75. The first-order valence-electron chi connectivity index (χ1n) is 11.1. The van der Waals surface area contributed by atoms with E-state index in [9.17, 15) is 4.79 Å². The Labute approximate surface area is 193 Å². The van der Waals surface area contributed by atoms with Crippen molar-refractivity contribution in [2.45, 2.75) is 71.6 Å². The second kappa shape index (κ2) is 13.8. The van der Waals surface area contributed by atoms with E-state index < -0.39 is 23.0 Å². The number of methoxy groups -OCH3 is 4. The van der Waals surface area contributed by atoms with Gasteiger partial charge in [-0.25, -0.2) is 0 Å². The molecule has 0 saturated carbocycles. The van der Waals surface area contributed by atoms with Crippen LogP contribution >= 0.6 is 0 Å². The zero-order valence-electron chi connectivity index (χ0n) is 21.3. The molecule has 5 atom stereocenters. The van der Waals surface area contributed by atoms with E-state index in [-0.39, 0.29) is 37.7 Å². The fourth-order valence-electron chi connectivity index (χ4n) is 3.75. The predicted molar refractivity (Wildman–Crippen MR) is 119 cm³/mol. The van der Waals surface area contributed by atoms with E-state index in [1.54, 1.807) is 28.4 Å². The summed E-state index contributed by atoms with van der Waals surface area (Å²) in [5.74, 6) is -0.305. The van der Waals surface area contributed by atoms with Crippen LogP contribution in [-0.4, -0.2) is 98.1 Å². The Hall–Kier alpha value is -0.810. The molecule has 1 heterocycles. The molecule has 1 saturated heterocycles. The molecule has 32 heavy (non-hydrogen) atoms. The maximum atomic E-state index is 12.4. The van der Waals surface area contributed by atoms with Crippen molar-refractivity contribution >= 4 is 5.97 Å². The number of carbonyl (C=O) groups excluding carboxylic acids is 1. The van der Waals surface area contributed by atoms with E-state index in [1.165, 1.54) is 0 Å². The first kappa shape index (κ1) is 29.2. The lowest BCUT2D eigenvalue weighted by molar-refractivity contribution is -0.277. The van der Waals surface area contributed by atoms with Crippen LogP contribution in [0, 0.1) is 10.8 Å². The molecule has 9 heteroatoms. The zero-order chi connectivity index (χ0) is 24.4. The summed E-state index contributed by atoms with van der Waals surface area (Å²) in [5.41, 5.74) is -1.03. The largest absolute Gasteiger partial charge is 0.462 e. The summed E-state index contributed by atoms with van der Waals surface area (Å²) in [6, 6.07) is 0. The third-order valence-electron chi connectivity index (χ3n) is 5.75. The third-order valence-corrected chi connectivity index (χ3v) is 5.75. The Morgan fingerprint density at radius 3 is 2.28 bits per heavy atom. The number of hydrogen-bond acceptors (Lipinski definition) is 9. The molecular weight excluding hydrogens is 420 g/mol. The Morgan fingerprint density at radius 2 is 1.75 bits per heavy atom. The van der Waals surface area contributed by atoms with Gasteiger partial charge in [0.15, 0.2) is 0 Å². The van der Waals surface area contributed by atoms with Gasteiger partial charge >= 0.3 is 5.97 Å². The molecule has 1 aliphatic rings. The Kier molecular flexibility index (Phi) is 12.6. The molecule has 190 valence electrons. The molecular formula is C23H44O9. The van der Waals surface area contributed by atoms with Crippen molar-refractivity contribution < 1.29 is 42.7 Å². The molecule has 9 nitrogen and oxygen atoms in total. The highest BCUT2D eigenvalue weighted by Crippen LogP contribution is 2.42. The summed E-state index contributed by atoms with van der Waals surface area (Å²) in [4.78, 5) is 12.4. The second-order valence-electron chi connectivity index (χ2n) is 9.69. The summed E-state index contributed by atoms with van der Waals surface area (Å²) in [7, 11) is 6.55. The summed E-state index contributed by atoms with van der Waals surface area (Å²) in [6.45, 7) is 11.0. The van der Waals surface area contributed by atoms with Crippen LogP contribution in [0.25, 0.3) is 0 Å². The minimum atomic E-state index is -0.618. The molecule has 0 aromatic heterocycles. The highest BCUT2D eigenvalue weighted by Gasteiger charge is 2.52. The van der Waals surface area contributed by atoms with Crippen molar-refractivity contribution in [2.75, 3.05) is 61.7 Å². The fraction of sp³-hybridized carbons (Fsp3) is 0.957. The van der Waals surface area contributed by atoms with E-state index in [4.69, 9.17) is 37.9 Å². The van der Waals surface area contributed by atoms with Crippen LogP contribution in [0.3, 0.4) is 0 Å². The van der Waals surface area contributed by atoms with Crippen LogP contribution in [0.4, 0.5) is 0 Å². The zero-order valence-corrected chi connectivity index (χ0v) is 21.3. The molecule has 1 rings (SSSR count). The van der Waals surface area contributed by atoms with Gasteiger partial charge in [0.2, 0.25) is 0 Å². The quantitative estimate of drug-likeness (QED) is 0.218. The van der Waals surface area contributed by atoms with Crippen LogP contribution in [0.15, 0.2) is 0 Å². The lowest BCUT2D eigenvalue weighted by Crippen LogP contribution is -2.62. The van der Waals surface area contributed by atoms with Gasteiger partial charge in [0.05, 0.1) is 43.5 Å². The van der Waals surface area contributed by atoms with Crippen LogP contribution in [0.2, 0.25) is 0 Å². The van der Waals surface area contributed by atoms with Crippen LogP contribution in [0.1, 0.15) is 41.0 Å². The minimum Gasteiger partial charge on any atom is -0.462 e. The molecule has 0 bridgehead atoms. The van der Waals surface area contributed by atoms with Crippen molar-refractivity contribution in [3.8, 4) is 0 Å². The standard InChI is InChI=1S/C23H44O9/c1-22(2,3)21(24)30-14-17-19(31-15-29-11-10-25-6)20(28-9)23(4,5)18(32-17)12-16(27-8)13-26-7/h16-20H,10-15H2,1-9H3/t16-,17+,18+,19-,20+/m0/s1. The minimum absolute atomic E-state index is 0.0477. The molecule has 0 unspecified atom stereocenters. The van der Waals surface area contributed by atoms with Crippen molar-refractivity contribution in [1.29, 1.82) is 0 Å². The van der Waals surface area contributed by atoms with Gasteiger partial charge in [-0.05, 0) is 20.8 Å². The normalized spacial score (nSPS) is 26.7. The number of ether oxygens (including phenoxy) is 8. The summed E-state index contributed by atoms with van der Waals surface area (Å²) in [6.07, 6.45) is -1.14. The maximum Gasteiger partial charge on any atom is 0.311 e. The molecule has 0 aromatic rings. The van der Waals surface area contributed by atoms with E-state index in [0.717, 1.165) is 0 Å². The van der Waals surface area contributed by atoms with Crippen molar-refractivity contribution in [3.63, 3.8) is 0 Å². The van der Waals surface area contributed by atoms with Gasteiger partial charge in [0.25, 0.3) is 0 Å². The predicted octanol–water partition coefficient (Wildman–Crippen LogP) is 2.44. The molecule has 1 fully saturated rings. The average molecular weight is 465 g/mol. The molecule has 0 spiro atoms. The van der Waals surface area contributed by atoms with Gasteiger partial charge in [-0.1, -0.05) is 13.8 Å². The summed E-state index contributed by atoms with van der Waals surface area (Å²) in [5, 5.41) is 0. The maximum absolute atomic E-state index is 12.4. The van der Waals surface area contributed by atoms with Crippen LogP contribution < -0.4 is 0 Å². The molecule has 0 radical (unpaired) electrons. The molecule has 1 aliphatic heterocycles. The van der Waals surface area contributed by atoms with Crippen LogP contribution in [0.5, 0.6) is 0 Å². The SMILES string of the molecule is COCCOCO[C@@H]1[C@@H](OC)C(C)(C)[C@@H](C[C@@H](COC)OC)O[C@@H]1COC(=O)C(C)(C)C. The van der Waals surface area contributed by atoms with E-state index in [2.05, 4.69) is 13.8 Å². The second-order valence-corrected chi connectivity index (χ2v) is 9.69. The Bertz CT molecular complexity index is 532. The number of esters is 1. The smallest absolute Gasteiger partial charge is 0.311 e. The van der Waals surface area contributed by atoms with Gasteiger partial charge in [0, 0.05) is 40.3 Å². The molecule has 0 aromatic carbocycles. The molecule has 0 amide bonds. The first-order chi connectivity index (χ1) is 15.0. The lowest BCUT2D eigenvalue weighted by Gasteiger charge is -2.51. The van der Waals surface area contributed by atoms with E-state index in [0.29, 0.717) is 26.2 Å². The Morgan fingerprint density at radius 1 is 1.06 bits per heavy atom. The monoisotopic (exact) mass is 464 g/mol. The van der Waals surface area contributed by atoms with Gasteiger partial charge in [-0.2, -0.15) is 0 Å². The molecule has 0 N–H and O–H groups in total.